The number of thiophene rings is 2. The summed E-state index contributed by atoms with van der Waals surface area (Å²) < 4.78 is 9.97. The van der Waals surface area contributed by atoms with Crippen molar-refractivity contribution in [1.29, 1.82) is 0 Å². The van der Waals surface area contributed by atoms with Crippen molar-refractivity contribution in [1.82, 2.24) is 24.9 Å². The number of furan rings is 2. The molecule has 0 aromatic carbocycles. The molecule has 0 spiro atoms. The molecule has 408 valence electrons. The Balaban J connectivity index is 0.000000422. The van der Waals surface area contributed by atoms with Gasteiger partial charge in [0.2, 0.25) is 0 Å². The number of hydrogen-bond acceptors (Lipinski definition) is 7. The summed E-state index contributed by atoms with van der Waals surface area (Å²) in [5, 5.41) is 6.44. The van der Waals surface area contributed by atoms with Crippen molar-refractivity contribution >= 4 is 22.7 Å². The van der Waals surface area contributed by atoms with Gasteiger partial charge in [-0.3, -0.25) is 15.0 Å². The van der Waals surface area contributed by atoms with E-state index in [9.17, 15) is 0 Å². The maximum atomic E-state index is 5.09. The van der Waals surface area contributed by atoms with E-state index in [0.29, 0.717) is 53.3 Å². The Labute approximate surface area is 463 Å². The third kappa shape index (κ3) is 32.1. The number of H-pyrrole nitrogens is 2. The maximum Gasteiger partial charge on any atom is 0.106 e. The molecular weight excluding hydrogens is 959 g/mol. The first kappa shape index (κ1) is 67.0. The van der Waals surface area contributed by atoms with E-state index in [1.807, 2.05) is 115 Å². The molecule has 0 saturated carbocycles. The first-order chi connectivity index (χ1) is 35.7. The van der Waals surface area contributed by atoms with Crippen molar-refractivity contribution in [2.75, 3.05) is 0 Å². The lowest BCUT2D eigenvalue weighted by atomic mass is 10.1. The zero-order chi connectivity index (χ0) is 56.0. The number of aromatic nitrogens is 5. The third-order valence-corrected chi connectivity index (χ3v) is 13.1. The van der Waals surface area contributed by atoms with Crippen molar-refractivity contribution in [2.24, 2.45) is 0 Å². The highest BCUT2D eigenvalue weighted by molar-refractivity contribution is 7.10. The molecule has 75 heavy (non-hydrogen) atoms. The summed E-state index contributed by atoms with van der Waals surface area (Å²) in [4.78, 5) is 19.7. The summed E-state index contributed by atoms with van der Waals surface area (Å²) >= 11 is 3.60. The molecule has 0 unspecified atom stereocenters. The fourth-order valence-electron chi connectivity index (χ4n) is 6.03. The minimum absolute atomic E-state index is 0.519. The van der Waals surface area contributed by atoms with E-state index in [1.54, 1.807) is 36.3 Å². The van der Waals surface area contributed by atoms with E-state index < -0.39 is 0 Å². The zero-order valence-electron chi connectivity index (χ0n) is 49.0. The monoisotopic (exact) mass is 1050 g/mol. The summed E-state index contributed by atoms with van der Waals surface area (Å²) in [6.07, 6.45) is 20.3. The number of nitrogens with one attached hydrogen (secondary N) is 2. The van der Waals surface area contributed by atoms with Crippen molar-refractivity contribution in [3.63, 3.8) is 0 Å². The summed E-state index contributed by atoms with van der Waals surface area (Å²) in [6, 6.07) is 32.7. The first-order valence-electron chi connectivity index (χ1n) is 26.8. The average molecular weight is 1050 g/mol. The predicted molar refractivity (Wildman–Crippen MR) is 327 cm³/mol. The second-order valence-electron chi connectivity index (χ2n) is 20.6. The molecule has 9 heterocycles. The van der Waals surface area contributed by atoms with Crippen LogP contribution >= 0.6 is 22.7 Å². The van der Waals surface area contributed by atoms with Gasteiger partial charge in [-0.1, -0.05) is 143 Å². The van der Waals surface area contributed by atoms with Crippen LogP contribution in [0.3, 0.4) is 0 Å². The fraction of sp³-hybridized carbons (Fsp3) is 0.409. The average Bonchev–Trinajstić information content (AvgIpc) is 4.26. The van der Waals surface area contributed by atoms with Gasteiger partial charge in [0.1, 0.15) is 5.76 Å². The Morgan fingerprint density at radius 3 is 1.40 bits per heavy atom. The van der Waals surface area contributed by atoms with Crippen LogP contribution < -0.4 is 0 Å². The number of nitrogens with zero attached hydrogens (tertiary/aromatic N) is 3. The summed E-state index contributed by atoms with van der Waals surface area (Å²) in [5.41, 5.74) is 9.23. The molecule has 0 atom stereocenters. The Kier molecular flexibility index (Phi) is 36.0. The van der Waals surface area contributed by atoms with Gasteiger partial charge >= 0.3 is 0 Å². The largest absolute Gasteiger partial charge is 0.472 e. The van der Waals surface area contributed by atoms with E-state index in [0.717, 1.165) is 11.5 Å². The van der Waals surface area contributed by atoms with Crippen LogP contribution in [0.1, 0.15) is 228 Å². The molecule has 0 bridgehead atoms. The summed E-state index contributed by atoms with van der Waals surface area (Å²) in [6.45, 7) is 39.0. The Bertz CT molecular complexity index is 2090. The van der Waals surface area contributed by atoms with Crippen LogP contribution in [0.25, 0.3) is 0 Å². The summed E-state index contributed by atoms with van der Waals surface area (Å²) in [7, 11) is 0. The quantitative estimate of drug-likeness (QED) is 0.150. The molecule has 0 aliphatic heterocycles. The lowest BCUT2D eigenvalue weighted by molar-refractivity contribution is 0.487. The van der Waals surface area contributed by atoms with E-state index >= 15 is 0 Å². The molecule has 0 aliphatic carbocycles. The molecule has 0 radical (unpaired) electrons. The van der Waals surface area contributed by atoms with Gasteiger partial charge in [-0.2, -0.15) is 11.3 Å². The van der Waals surface area contributed by atoms with Gasteiger partial charge < -0.3 is 18.8 Å². The van der Waals surface area contributed by atoms with E-state index in [2.05, 4.69) is 202 Å². The van der Waals surface area contributed by atoms with Gasteiger partial charge in [0.25, 0.3) is 0 Å². The predicted octanol–water partition coefficient (Wildman–Crippen LogP) is 21.4. The van der Waals surface area contributed by atoms with Gasteiger partial charge in [-0.25, -0.2) is 0 Å². The second-order valence-corrected chi connectivity index (χ2v) is 22.4. The van der Waals surface area contributed by atoms with Gasteiger partial charge in [-0.05, 0) is 170 Å². The number of pyridine rings is 3. The fourth-order valence-corrected chi connectivity index (χ4v) is 7.59. The van der Waals surface area contributed by atoms with Crippen molar-refractivity contribution < 1.29 is 8.83 Å². The lowest BCUT2D eigenvalue weighted by Crippen LogP contribution is -1.88. The normalized spacial score (nSPS) is 10.3. The molecule has 9 aromatic rings. The number of aromatic amines is 2. The van der Waals surface area contributed by atoms with Gasteiger partial charge in [0.15, 0.2) is 0 Å². The third-order valence-electron chi connectivity index (χ3n) is 11.2. The SMILES string of the molecule is CC(C)c1cc[nH]c1.CC(C)c1ccc[nH]1.CC(C)c1ccccn1.CC(C)c1cccnc1.CC(C)c1ccco1.CC(C)c1cccs1.CC(C)c1ccncc1.CC(C)c1ccoc1.CC(C)c1ccsc1. The van der Waals surface area contributed by atoms with E-state index in [-0.39, 0.29) is 0 Å². The highest BCUT2D eigenvalue weighted by Crippen LogP contribution is 2.20. The molecule has 0 aliphatic rings. The molecule has 9 heteroatoms. The molecule has 7 nitrogen and oxygen atoms in total. The van der Waals surface area contributed by atoms with Crippen LogP contribution in [-0.4, -0.2) is 24.9 Å². The summed E-state index contributed by atoms with van der Waals surface area (Å²) in [5.74, 6) is 6.61. The van der Waals surface area contributed by atoms with Crippen LogP contribution in [0, 0.1) is 0 Å². The smallest absolute Gasteiger partial charge is 0.106 e. The van der Waals surface area contributed by atoms with Crippen molar-refractivity contribution in [2.45, 2.75) is 178 Å². The van der Waals surface area contributed by atoms with Crippen LogP contribution in [0.5, 0.6) is 0 Å². The highest BCUT2D eigenvalue weighted by Gasteiger charge is 2.01. The molecule has 0 amide bonds. The molecular formula is C66H95N5O2S2. The van der Waals surface area contributed by atoms with Crippen molar-refractivity contribution in [3.8, 4) is 0 Å². The highest BCUT2D eigenvalue weighted by atomic mass is 32.1. The Morgan fingerprint density at radius 2 is 1.12 bits per heavy atom. The van der Waals surface area contributed by atoms with Gasteiger partial charge in [-0.15, -0.1) is 11.3 Å². The second kappa shape index (κ2) is 40.3. The molecule has 0 fully saturated rings. The Hall–Kier alpha value is -6.03. The zero-order valence-corrected chi connectivity index (χ0v) is 50.6. The first-order valence-corrected chi connectivity index (χ1v) is 28.6. The van der Waals surface area contributed by atoms with Gasteiger partial charge in [0.05, 0.1) is 18.8 Å². The van der Waals surface area contributed by atoms with E-state index in [1.165, 1.54) is 38.4 Å². The topological polar surface area (TPSA) is 96.5 Å². The molecule has 0 saturated heterocycles. The van der Waals surface area contributed by atoms with E-state index in [4.69, 9.17) is 8.83 Å². The van der Waals surface area contributed by atoms with Crippen LogP contribution in [-0.2, 0) is 0 Å². The van der Waals surface area contributed by atoms with Crippen LogP contribution in [0.2, 0.25) is 0 Å². The number of hydrogen-bond donors (Lipinski definition) is 2. The molecule has 9 aromatic heterocycles. The Morgan fingerprint density at radius 1 is 0.440 bits per heavy atom. The van der Waals surface area contributed by atoms with Crippen molar-refractivity contribution in [3.05, 3.63) is 231 Å². The standard InChI is InChI=1S/3C8H11N.2C7H11N.2C7H10O.2C7H10S/c1-7(2)8-3-5-9-6-4-8;1-7(2)8-4-3-5-9-6-8;1-7(2)8-5-3-4-6-9-8;1-6(2)7-3-4-8-5-7;1-6(2)7-4-3-5-8-7;1-6(2)7-3-4-8-5-7;1-6(2)7-4-3-5-8-7;1-6(2)7-3-4-8-5-7;1-6(2)7-4-3-5-8-7/h3*3-7H,1-2H3;2*3-6,8H,1-2H3;4*3-6H,1-2H3. The lowest BCUT2D eigenvalue weighted by Gasteiger charge is -2.01. The van der Waals surface area contributed by atoms with Crippen LogP contribution in [0.15, 0.2) is 190 Å². The van der Waals surface area contributed by atoms with Crippen LogP contribution in [0.4, 0.5) is 0 Å². The number of rotatable bonds is 9. The van der Waals surface area contributed by atoms with Gasteiger partial charge in [0, 0.05) is 71.8 Å². The molecule has 2 N–H and O–H groups in total. The molecule has 9 rings (SSSR count). The minimum Gasteiger partial charge on any atom is -0.472 e. The maximum absolute atomic E-state index is 5.09. The minimum atomic E-state index is 0.519.